The summed E-state index contributed by atoms with van der Waals surface area (Å²) in [4.78, 5) is 14.2. The van der Waals surface area contributed by atoms with Crippen molar-refractivity contribution in [2.24, 2.45) is 5.14 Å². The highest BCUT2D eigenvalue weighted by Gasteiger charge is 2.19. The molecule has 0 saturated carbocycles. The van der Waals surface area contributed by atoms with Crippen LogP contribution in [0.1, 0.15) is 28.4 Å². The molecule has 0 aliphatic heterocycles. The van der Waals surface area contributed by atoms with Gasteiger partial charge in [-0.25, -0.2) is 13.6 Å². The Morgan fingerprint density at radius 2 is 2.05 bits per heavy atom. The fourth-order valence-electron chi connectivity index (χ4n) is 2.12. The molecular weight excluding hydrogens is 320 g/mol. The first kappa shape index (κ1) is 16.7. The molecule has 7 heteroatoms. The van der Waals surface area contributed by atoms with Gasteiger partial charge in [-0.15, -0.1) is 11.3 Å². The first-order chi connectivity index (χ1) is 10.3. The van der Waals surface area contributed by atoms with Crippen LogP contribution in [0.15, 0.2) is 39.9 Å². The van der Waals surface area contributed by atoms with Crippen molar-refractivity contribution in [3.8, 4) is 0 Å². The lowest BCUT2D eigenvalue weighted by atomic mass is 10.1. The van der Waals surface area contributed by atoms with Gasteiger partial charge in [-0.1, -0.05) is 29.8 Å². The Labute approximate surface area is 134 Å². The fraction of sp³-hybridized carbons (Fsp3) is 0.267. The summed E-state index contributed by atoms with van der Waals surface area (Å²) in [5.41, 5.74) is 2.52. The molecule has 2 aromatic rings. The van der Waals surface area contributed by atoms with E-state index in [-0.39, 0.29) is 10.1 Å². The van der Waals surface area contributed by atoms with E-state index in [0.717, 1.165) is 22.5 Å². The average molecular weight is 338 g/mol. The molecule has 2 rings (SSSR count). The minimum atomic E-state index is -3.76. The highest BCUT2D eigenvalue weighted by Crippen LogP contribution is 2.21. The molecule has 1 heterocycles. The minimum absolute atomic E-state index is 0.00228. The highest BCUT2D eigenvalue weighted by molar-refractivity contribution is 7.91. The molecule has 0 aliphatic rings. The molecule has 0 saturated heterocycles. The lowest BCUT2D eigenvalue weighted by molar-refractivity contribution is 0.0753. The second-order valence-corrected chi connectivity index (χ2v) is 7.71. The number of benzene rings is 1. The smallest absolute Gasteiger partial charge is 0.255 e. The maximum Gasteiger partial charge on any atom is 0.255 e. The topological polar surface area (TPSA) is 80.5 Å². The van der Waals surface area contributed by atoms with Gasteiger partial charge in [0.05, 0.1) is 5.56 Å². The zero-order valence-corrected chi connectivity index (χ0v) is 14.1. The number of thiophene rings is 1. The molecule has 0 unspecified atom stereocenters. The third kappa shape index (κ3) is 3.94. The van der Waals surface area contributed by atoms with Crippen LogP contribution in [-0.2, 0) is 16.6 Å². The Bertz CT molecular complexity index is 782. The predicted octanol–water partition coefficient (Wildman–Crippen LogP) is 2.37. The van der Waals surface area contributed by atoms with Crippen molar-refractivity contribution in [3.63, 3.8) is 0 Å². The molecule has 0 spiro atoms. The number of carbonyl (C=O) groups is 1. The van der Waals surface area contributed by atoms with Crippen LogP contribution in [0.2, 0.25) is 0 Å². The maximum absolute atomic E-state index is 12.5. The second kappa shape index (κ2) is 6.60. The van der Waals surface area contributed by atoms with Crippen LogP contribution in [0.5, 0.6) is 0 Å². The Hall–Kier alpha value is -1.70. The molecule has 1 amide bonds. The third-order valence-electron chi connectivity index (χ3n) is 3.23. The summed E-state index contributed by atoms with van der Waals surface area (Å²) in [6, 6.07) is 9.28. The number of nitrogens with zero attached hydrogens (tertiary/aromatic N) is 1. The number of hydrogen-bond donors (Lipinski definition) is 1. The van der Waals surface area contributed by atoms with Crippen LogP contribution < -0.4 is 5.14 Å². The molecule has 1 aromatic heterocycles. The van der Waals surface area contributed by atoms with Crippen molar-refractivity contribution in [2.75, 3.05) is 6.54 Å². The zero-order chi connectivity index (χ0) is 16.3. The van der Waals surface area contributed by atoms with Crippen molar-refractivity contribution in [2.45, 2.75) is 24.6 Å². The summed E-state index contributed by atoms with van der Waals surface area (Å²) in [5, 5.41) is 6.61. The van der Waals surface area contributed by atoms with E-state index in [1.54, 1.807) is 4.90 Å². The number of amides is 1. The van der Waals surface area contributed by atoms with Crippen LogP contribution in [-0.4, -0.2) is 25.8 Å². The molecule has 5 nitrogen and oxygen atoms in total. The van der Waals surface area contributed by atoms with E-state index in [1.165, 1.54) is 11.4 Å². The molecular formula is C15H18N2O3S2. The molecule has 0 aliphatic carbocycles. The maximum atomic E-state index is 12.5. The van der Waals surface area contributed by atoms with Gasteiger partial charge in [-0.3, -0.25) is 4.79 Å². The number of carbonyl (C=O) groups excluding carboxylic acids is 1. The van der Waals surface area contributed by atoms with E-state index in [2.05, 4.69) is 0 Å². The molecule has 0 radical (unpaired) electrons. The van der Waals surface area contributed by atoms with Crippen LogP contribution >= 0.6 is 11.3 Å². The number of aryl methyl sites for hydroxylation is 1. The van der Waals surface area contributed by atoms with E-state index < -0.39 is 10.0 Å². The van der Waals surface area contributed by atoms with Crippen LogP contribution in [0.3, 0.4) is 0 Å². The first-order valence-electron chi connectivity index (χ1n) is 6.77. The van der Waals surface area contributed by atoms with Gasteiger partial charge in [0.25, 0.3) is 5.91 Å². The molecule has 22 heavy (non-hydrogen) atoms. The molecule has 118 valence electrons. The minimum Gasteiger partial charge on any atom is -0.335 e. The van der Waals surface area contributed by atoms with Gasteiger partial charge in [0.1, 0.15) is 4.21 Å². The Morgan fingerprint density at radius 3 is 2.59 bits per heavy atom. The van der Waals surface area contributed by atoms with Crippen molar-refractivity contribution < 1.29 is 13.2 Å². The summed E-state index contributed by atoms with van der Waals surface area (Å²) >= 11 is 0.961. The number of rotatable bonds is 5. The van der Waals surface area contributed by atoms with Gasteiger partial charge < -0.3 is 4.90 Å². The Kier molecular flexibility index (Phi) is 5.00. The van der Waals surface area contributed by atoms with Crippen molar-refractivity contribution in [1.82, 2.24) is 4.90 Å². The zero-order valence-electron chi connectivity index (χ0n) is 12.4. The van der Waals surface area contributed by atoms with Crippen LogP contribution in [0, 0.1) is 6.92 Å². The summed E-state index contributed by atoms with van der Waals surface area (Å²) in [6.45, 7) is 4.91. The molecule has 0 atom stereocenters. The van der Waals surface area contributed by atoms with E-state index in [1.807, 2.05) is 38.1 Å². The summed E-state index contributed by atoms with van der Waals surface area (Å²) in [6.07, 6.45) is 0. The van der Waals surface area contributed by atoms with E-state index in [0.29, 0.717) is 18.7 Å². The van der Waals surface area contributed by atoms with Gasteiger partial charge in [0.15, 0.2) is 0 Å². The Morgan fingerprint density at radius 1 is 1.32 bits per heavy atom. The summed E-state index contributed by atoms with van der Waals surface area (Å²) in [7, 11) is -3.76. The number of hydrogen-bond acceptors (Lipinski definition) is 4. The highest BCUT2D eigenvalue weighted by atomic mass is 32.2. The average Bonchev–Trinajstić information content (AvgIpc) is 2.94. The molecule has 0 fully saturated rings. The molecule has 1 aromatic carbocycles. The number of sulfonamides is 1. The standard InChI is InChI=1S/C15H18N2O3S2/c1-3-17(9-12-6-4-5-11(2)7-12)15(18)13-8-14(21-10-13)22(16,19)20/h4-8,10H,3,9H2,1-2H3,(H2,16,19,20). The van der Waals surface area contributed by atoms with Crippen LogP contribution in [0.4, 0.5) is 0 Å². The SMILES string of the molecule is CCN(Cc1cccc(C)c1)C(=O)c1csc(S(N)(=O)=O)c1. The Balaban J connectivity index is 2.20. The van der Waals surface area contributed by atoms with Gasteiger partial charge in [0.2, 0.25) is 10.0 Å². The molecule has 2 N–H and O–H groups in total. The van der Waals surface area contributed by atoms with E-state index in [9.17, 15) is 13.2 Å². The quantitative estimate of drug-likeness (QED) is 0.909. The monoisotopic (exact) mass is 338 g/mol. The van der Waals surface area contributed by atoms with Crippen molar-refractivity contribution in [3.05, 3.63) is 52.4 Å². The van der Waals surface area contributed by atoms with Gasteiger partial charge in [-0.05, 0) is 25.5 Å². The van der Waals surface area contributed by atoms with Crippen molar-refractivity contribution >= 4 is 27.3 Å². The molecule has 0 bridgehead atoms. The fourth-order valence-corrected chi connectivity index (χ4v) is 3.70. The number of nitrogens with two attached hydrogens (primary N) is 1. The summed E-state index contributed by atoms with van der Waals surface area (Å²) < 4.78 is 22.6. The van der Waals surface area contributed by atoms with Crippen LogP contribution in [0.25, 0.3) is 0 Å². The van der Waals surface area contributed by atoms with Gasteiger partial charge >= 0.3 is 0 Å². The summed E-state index contributed by atoms with van der Waals surface area (Å²) in [5.74, 6) is -0.199. The van der Waals surface area contributed by atoms with E-state index >= 15 is 0 Å². The van der Waals surface area contributed by atoms with E-state index in [4.69, 9.17) is 5.14 Å². The third-order valence-corrected chi connectivity index (χ3v) is 5.61. The first-order valence-corrected chi connectivity index (χ1v) is 9.20. The second-order valence-electron chi connectivity index (χ2n) is 5.01. The largest absolute Gasteiger partial charge is 0.335 e. The lowest BCUT2D eigenvalue weighted by Gasteiger charge is -2.20. The normalized spacial score (nSPS) is 11.4. The number of primary sulfonamides is 1. The lowest BCUT2D eigenvalue weighted by Crippen LogP contribution is -2.30. The van der Waals surface area contributed by atoms with Crippen molar-refractivity contribution in [1.29, 1.82) is 0 Å². The predicted molar refractivity (Wildman–Crippen MR) is 87.3 cm³/mol. The van der Waals surface area contributed by atoms with Gasteiger partial charge in [0, 0.05) is 18.5 Å². The van der Waals surface area contributed by atoms with Gasteiger partial charge in [-0.2, -0.15) is 0 Å².